The Morgan fingerprint density at radius 1 is 1.39 bits per heavy atom. The summed E-state index contributed by atoms with van der Waals surface area (Å²) in [6.07, 6.45) is 1.34. The van der Waals surface area contributed by atoms with Crippen molar-refractivity contribution in [3.63, 3.8) is 0 Å². The number of benzene rings is 1. The molecule has 1 aromatic heterocycles. The zero-order valence-electron chi connectivity index (χ0n) is 8.75. The second kappa shape index (κ2) is 5.23. The highest BCUT2D eigenvalue weighted by Gasteiger charge is 2.12. The summed E-state index contributed by atoms with van der Waals surface area (Å²) in [5.74, 6) is -1.50. The van der Waals surface area contributed by atoms with Crippen molar-refractivity contribution in [1.82, 2.24) is 8.75 Å². The highest BCUT2D eigenvalue weighted by atomic mass is 79.9. The highest BCUT2D eigenvalue weighted by molar-refractivity contribution is 9.10. The van der Waals surface area contributed by atoms with Crippen LogP contribution in [0.4, 0.5) is 5.69 Å². The molecule has 8 heteroatoms. The molecule has 0 atom stereocenters. The lowest BCUT2D eigenvalue weighted by Crippen LogP contribution is -2.12. The molecule has 0 bridgehead atoms. The van der Waals surface area contributed by atoms with Gasteiger partial charge >= 0.3 is 5.97 Å². The summed E-state index contributed by atoms with van der Waals surface area (Å²) in [6.45, 7) is 0. The van der Waals surface area contributed by atoms with E-state index >= 15 is 0 Å². The van der Waals surface area contributed by atoms with Crippen LogP contribution in [0.5, 0.6) is 0 Å². The summed E-state index contributed by atoms with van der Waals surface area (Å²) in [6, 6.07) is 4.51. The van der Waals surface area contributed by atoms with Crippen LogP contribution >= 0.6 is 27.7 Å². The Bertz CT molecular complexity index is 600. The Balaban J connectivity index is 2.22. The zero-order valence-corrected chi connectivity index (χ0v) is 11.2. The van der Waals surface area contributed by atoms with E-state index in [1.54, 1.807) is 12.1 Å². The molecule has 1 heterocycles. The van der Waals surface area contributed by atoms with Crippen LogP contribution in [0.1, 0.15) is 20.8 Å². The lowest BCUT2D eigenvalue weighted by Gasteiger charge is -2.05. The molecular weight excluding hydrogens is 322 g/mol. The highest BCUT2D eigenvalue weighted by Crippen LogP contribution is 2.21. The summed E-state index contributed by atoms with van der Waals surface area (Å²) in [4.78, 5) is 22.6. The van der Waals surface area contributed by atoms with Gasteiger partial charge in [-0.15, -0.1) is 0 Å². The van der Waals surface area contributed by atoms with Crippen LogP contribution in [0, 0.1) is 0 Å². The van der Waals surface area contributed by atoms with Crippen LogP contribution in [-0.4, -0.2) is 25.7 Å². The Morgan fingerprint density at radius 3 is 2.78 bits per heavy atom. The summed E-state index contributed by atoms with van der Waals surface area (Å²) in [5, 5.41) is 11.5. The van der Waals surface area contributed by atoms with Gasteiger partial charge in [-0.1, -0.05) is 0 Å². The van der Waals surface area contributed by atoms with Crippen molar-refractivity contribution in [2.75, 3.05) is 5.32 Å². The fraction of sp³-hybridized carbons (Fsp3) is 0. The van der Waals surface area contributed by atoms with Gasteiger partial charge in [-0.05, 0) is 34.1 Å². The average molecular weight is 328 g/mol. The largest absolute Gasteiger partial charge is 0.478 e. The summed E-state index contributed by atoms with van der Waals surface area (Å²) >= 11 is 4.05. The van der Waals surface area contributed by atoms with Gasteiger partial charge < -0.3 is 10.4 Å². The van der Waals surface area contributed by atoms with Gasteiger partial charge in [-0.25, -0.2) is 4.79 Å². The molecule has 0 fully saturated rings. The van der Waals surface area contributed by atoms with Gasteiger partial charge in [0, 0.05) is 10.2 Å². The fourth-order valence-electron chi connectivity index (χ4n) is 1.23. The van der Waals surface area contributed by atoms with Crippen LogP contribution in [0.15, 0.2) is 28.9 Å². The van der Waals surface area contributed by atoms with Crippen molar-refractivity contribution in [2.45, 2.75) is 0 Å². The maximum Gasteiger partial charge on any atom is 0.336 e. The number of anilines is 1. The van der Waals surface area contributed by atoms with E-state index in [9.17, 15) is 9.59 Å². The molecule has 0 spiro atoms. The van der Waals surface area contributed by atoms with Crippen LogP contribution in [-0.2, 0) is 0 Å². The van der Waals surface area contributed by atoms with E-state index in [2.05, 4.69) is 30.0 Å². The van der Waals surface area contributed by atoms with Crippen LogP contribution < -0.4 is 5.32 Å². The van der Waals surface area contributed by atoms with Crippen LogP contribution in [0.2, 0.25) is 0 Å². The van der Waals surface area contributed by atoms with E-state index in [4.69, 9.17) is 5.11 Å². The molecule has 0 aliphatic heterocycles. The summed E-state index contributed by atoms with van der Waals surface area (Å²) < 4.78 is 7.94. The molecule has 2 N–H and O–H groups in total. The Morgan fingerprint density at radius 2 is 2.17 bits per heavy atom. The Hall–Kier alpha value is -1.80. The Kier molecular flexibility index (Phi) is 3.68. The molecular formula is C10H6BrN3O3S. The van der Waals surface area contributed by atoms with Gasteiger partial charge in [0.2, 0.25) is 0 Å². The predicted octanol–water partition coefficient (Wildman–Crippen LogP) is 2.25. The minimum atomic E-state index is -1.08. The number of amides is 1. The van der Waals surface area contributed by atoms with E-state index in [0.717, 1.165) is 11.7 Å². The van der Waals surface area contributed by atoms with E-state index in [1.807, 2.05) is 0 Å². The molecule has 1 amide bonds. The second-order valence-electron chi connectivity index (χ2n) is 3.25. The third kappa shape index (κ3) is 2.71. The summed E-state index contributed by atoms with van der Waals surface area (Å²) in [5.41, 5.74) is 0.651. The molecule has 0 saturated heterocycles. The van der Waals surface area contributed by atoms with Crippen molar-refractivity contribution in [1.29, 1.82) is 0 Å². The van der Waals surface area contributed by atoms with E-state index < -0.39 is 11.9 Å². The number of rotatable bonds is 3. The molecule has 2 aromatic rings. The number of halogens is 1. The monoisotopic (exact) mass is 327 g/mol. The molecule has 0 saturated carbocycles. The Labute approximate surface area is 114 Å². The number of carbonyl (C=O) groups excluding carboxylic acids is 1. The molecule has 92 valence electrons. The lowest BCUT2D eigenvalue weighted by atomic mass is 10.2. The predicted molar refractivity (Wildman–Crippen MR) is 69.0 cm³/mol. The number of aromatic carboxylic acids is 1. The SMILES string of the molecule is O=C(Nc1ccc(Br)c(C(=O)O)c1)c1cnsn1. The normalized spacial score (nSPS) is 10.1. The second-order valence-corrected chi connectivity index (χ2v) is 4.66. The van der Waals surface area contributed by atoms with Crippen molar-refractivity contribution in [3.8, 4) is 0 Å². The molecule has 18 heavy (non-hydrogen) atoms. The smallest absolute Gasteiger partial charge is 0.336 e. The first-order valence-corrected chi connectivity index (χ1v) is 6.22. The summed E-state index contributed by atoms with van der Waals surface area (Å²) in [7, 11) is 0. The van der Waals surface area contributed by atoms with Gasteiger partial charge in [0.05, 0.1) is 23.5 Å². The molecule has 0 aliphatic carbocycles. The van der Waals surface area contributed by atoms with Gasteiger partial charge in [0.1, 0.15) is 0 Å². The van der Waals surface area contributed by atoms with Gasteiger partial charge in [0.25, 0.3) is 5.91 Å². The quantitative estimate of drug-likeness (QED) is 0.901. The lowest BCUT2D eigenvalue weighted by molar-refractivity contribution is 0.0695. The average Bonchev–Trinajstić information content (AvgIpc) is 2.85. The first-order chi connectivity index (χ1) is 8.58. The third-order valence-electron chi connectivity index (χ3n) is 2.05. The maximum absolute atomic E-state index is 11.7. The van der Waals surface area contributed by atoms with Crippen LogP contribution in [0.25, 0.3) is 0 Å². The van der Waals surface area contributed by atoms with Crippen molar-refractivity contribution >= 4 is 45.2 Å². The number of carbonyl (C=O) groups is 2. The fourth-order valence-corrected chi connectivity index (χ4v) is 2.06. The minimum Gasteiger partial charge on any atom is -0.478 e. The minimum absolute atomic E-state index is 0.0733. The molecule has 2 rings (SSSR count). The first-order valence-electron chi connectivity index (χ1n) is 4.69. The topological polar surface area (TPSA) is 92.2 Å². The van der Waals surface area contributed by atoms with Gasteiger partial charge in [0.15, 0.2) is 5.69 Å². The zero-order chi connectivity index (χ0) is 13.1. The maximum atomic E-state index is 11.7. The molecule has 6 nitrogen and oxygen atoms in total. The molecule has 0 unspecified atom stereocenters. The number of nitrogens with one attached hydrogen (secondary N) is 1. The molecule has 1 aromatic carbocycles. The van der Waals surface area contributed by atoms with Crippen molar-refractivity contribution < 1.29 is 14.7 Å². The number of carboxylic acids is 1. The van der Waals surface area contributed by atoms with E-state index in [0.29, 0.717) is 10.2 Å². The van der Waals surface area contributed by atoms with Crippen molar-refractivity contribution in [3.05, 3.63) is 40.1 Å². The third-order valence-corrected chi connectivity index (χ3v) is 3.22. The van der Waals surface area contributed by atoms with E-state index in [-0.39, 0.29) is 11.3 Å². The standard InChI is InChI=1S/C10H6BrN3O3S/c11-7-2-1-5(3-6(7)10(16)17)13-9(15)8-4-12-18-14-8/h1-4H,(H,13,15)(H,16,17). The van der Waals surface area contributed by atoms with E-state index in [1.165, 1.54) is 12.3 Å². The molecule has 0 radical (unpaired) electrons. The first kappa shape index (κ1) is 12.7. The van der Waals surface area contributed by atoms with Crippen LogP contribution in [0.3, 0.4) is 0 Å². The van der Waals surface area contributed by atoms with Gasteiger partial charge in [-0.2, -0.15) is 8.75 Å². The number of hydrogen-bond acceptors (Lipinski definition) is 5. The molecule has 0 aliphatic rings. The number of carboxylic acid groups (broad SMARTS) is 1. The van der Waals surface area contributed by atoms with Gasteiger partial charge in [-0.3, -0.25) is 4.79 Å². The van der Waals surface area contributed by atoms with Crippen molar-refractivity contribution in [2.24, 2.45) is 0 Å². The number of hydrogen-bond donors (Lipinski definition) is 2. The number of nitrogens with zero attached hydrogens (tertiary/aromatic N) is 2. The number of aromatic nitrogens is 2.